The molecule has 16 heavy (non-hydrogen) atoms. The van der Waals surface area contributed by atoms with Crippen LogP contribution in [0, 0.1) is 0 Å². The number of nitrogens with zero attached hydrogens (tertiary/aromatic N) is 2. The third-order valence-electron chi connectivity index (χ3n) is 3.64. The summed E-state index contributed by atoms with van der Waals surface area (Å²) in [5, 5.41) is 0. The smallest absolute Gasteiger partial charge is 0.0203 e. The second-order valence-corrected chi connectivity index (χ2v) is 7.35. The first kappa shape index (κ1) is 14.0. The molecule has 1 aliphatic rings. The van der Waals surface area contributed by atoms with Crippen LogP contribution in [0.2, 0.25) is 0 Å². The standard InChI is InChI=1S/C14H30N2/c1-11-9-15(13(3,4)5)10-12(2)16(11)14(6,7)8/h11-12H,9-10H2,1-8H3/t11-,12?/m0/s1. The normalized spacial score (nSPS) is 30.8. The van der Waals surface area contributed by atoms with Gasteiger partial charge in [-0.05, 0) is 55.4 Å². The van der Waals surface area contributed by atoms with Gasteiger partial charge in [0.25, 0.3) is 0 Å². The Balaban J connectivity index is 2.80. The van der Waals surface area contributed by atoms with Crippen molar-refractivity contribution in [1.82, 2.24) is 9.80 Å². The van der Waals surface area contributed by atoms with Crippen LogP contribution in [-0.4, -0.2) is 46.1 Å². The Labute approximate surface area is 102 Å². The summed E-state index contributed by atoms with van der Waals surface area (Å²) in [4.78, 5) is 5.28. The average Bonchev–Trinajstić information content (AvgIpc) is 1.97. The Kier molecular flexibility index (Phi) is 3.76. The van der Waals surface area contributed by atoms with E-state index in [1.54, 1.807) is 0 Å². The van der Waals surface area contributed by atoms with Gasteiger partial charge in [-0.3, -0.25) is 9.80 Å². The minimum Gasteiger partial charge on any atom is -0.295 e. The lowest BCUT2D eigenvalue weighted by atomic mass is 9.94. The van der Waals surface area contributed by atoms with Crippen molar-refractivity contribution < 1.29 is 0 Å². The van der Waals surface area contributed by atoms with Crippen molar-refractivity contribution in [2.45, 2.75) is 78.6 Å². The van der Waals surface area contributed by atoms with E-state index in [9.17, 15) is 0 Å². The molecule has 1 aliphatic heterocycles. The Bertz CT molecular complexity index is 222. The van der Waals surface area contributed by atoms with Gasteiger partial charge in [0.05, 0.1) is 0 Å². The van der Waals surface area contributed by atoms with Crippen LogP contribution in [0.3, 0.4) is 0 Å². The molecule has 0 saturated carbocycles. The van der Waals surface area contributed by atoms with E-state index < -0.39 is 0 Å². The highest BCUT2D eigenvalue weighted by Gasteiger charge is 2.38. The van der Waals surface area contributed by atoms with Gasteiger partial charge < -0.3 is 0 Å². The first-order valence-corrected chi connectivity index (χ1v) is 6.57. The Morgan fingerprint density at radius 1 is 0.750 bits per heavy atom. The molecule has 1 saturated heterocycles. The molecule has 0 bridgehead atoms. The summed E-state index contributed by atoms with van der Waals surface area (Å²) >= 11 is 0. The quantitative estimate of drug-likeness (QED) is 0.626. The molecule has 1 heterocycles. The monoisotopic (exact) mass is 226 g/mol. The second-order valence-electron chi connectivity index (χ2n) is 7.35. The van der Waals surface area contributed by atoms with Crippen molar-refractivity contribution in [1.29, 1.82) is 0 Å². The highest BCUT2D eigenvalue weighted by atomic mass is 15.3. The highest BCUT2D eigenvalue weighted by Crippen LogP contribution is 2.28. The van der Waals surface area contributed by atoms with Gasteiger partial charge in [-0.1, -0.05) is 0 Å². The lowest BCUT2D eigenvalue weighted by molar-refractivity contribution is -0.0500. The molecule has 0 amide bonds. The van der Waals surface area contributed by atoms with Gasteiger partial charge in [0.15, 0.2) is 0 Å². The number of rotatable bonds is 0. The summed E-state index contributed by atoms with van der Waals surface area (Å²) in [6, 6.07) is 1.28. The first-order chi connectivity index (χ1) is 7.03. The topological polar surface area (TPSA) is 6.48 Å². The van der Waals surface area contributed by atoms with Gasteiger partial charge in [-0.15, -0.1) is 0 Å². The molecule has 0 aromatic rings. The zero-order chi connectivity index (χ0) is 12.7. The molecule has 0 radical (unpaired) electrons. The Hall–Kier alpha value is -0.0800. The van der Waals surface area contributed by atoms with Gasteiger partial charge >= 0.3 is 0 Å². The molecule has 0 spiro atoms. The van der Waals surface area contributed by atoms with Gasteiger partial charge in [-0.2, -0.15) is 0 Å². The molecule has 0 aromatic carbocycles. The van der Waals surface area contributed by atoms with Crippen LogP contribution < -0.4 is 0 Å². The number of hydrogen-bond donors (Lipinski definition) is 0. The Morgan fingerprint density at radius 2 is 1.12 bits per heavy atom. The minimum absolute atomic E-state index is 0.281. The summed E-state index contributed by atoms with van der Waals surface area (Å²) in [6.45, 7) is 21.0. The average molecular weight is 226 g/mol. The zero-order valence-electron chi connectivity index (χ0n) is 12.5. The third kappa shape index (κ3) is 2.98. The molecule has 2 nitrogen and oxygen atoms in total. The summed E-state index contributed by atoms with van der Waals surface area (Å²) in [6.07, 6.45) is 0. The van der Waals surface area contributed by atoms with Gasteiger partial charge in [0.2, 0.25) is 0 Å². The lowest BCUT2D eigenvalue weighted by Crippen LogP contribution is -2.65. The molecular weight excluding hydrogens is 196 g/mol. The van der Waals surface area contributed by atoms with Crippen molar-refractivity contribution in [2.75, 3.05) is 13.1 Å². The fraction of sp³-hybridized carbons (Fsp3) is 1.00. The van der Waals surface area contributed by atoms with E-state index >= 15 is 0 Å². The van der Waals surface area contributed by atoms with Crippen molar-refractivity contribution in [3.05, 3.63) is 0 Å². The van der Waals surface area contributed by atoms with E-state index in [2.05, 4.69) is 65.2 Å². The van der Waals surface area contributed by atoms with Crippen LogP contribution in [0.15, 0.2) is 0 Å². The zero-order valence-corrected chi connectivity index (χ0v) is 12.5. The summed E-state index contributed by atoms with van der Waals surface area (Å²) < 4.78 is 0. The van der Waals surface area contributed by atoms with Gasteiger partial charge in [0, 0.05) is 36.3 Å². The maximum atomic E-state index is 2.66. The first-order valence-electron chi connectivity index (χ1n) is 6.57. The van der Waals surface area contributed by atoms with Crippen LogP contribution in [0.1, 0.15) is 55.4 Å². The van der Waals surface area contributed by atoms with Crippen molar-refractivity contribution in [3.63, 3.8) is 0 Å². The predicted molar refractivity (Wildman–Crippen MR) is 71.8 cm³/mol. The number of piperazine rings is 1. The Morgan fingerprint density at radius 3 is 1.38 bits per heavy atom. The molecule has 1 unspecified atom stereocenters. The largest absolute Gasteiger partial charge is 0.295 e. The maximum Gasteiger partial charge on any atom is 0.0203 e. The molecule has 1 rings (SSSR count). The summed E-state index contributed by atoms with van der Waals surface area (Å²) in [7, 11) is 0. The van der Waals surface area contributed by atoms with Crippen LogP contribution in [-0.2, 0) is 0 Å². The fourth-order valence-corrected chi connectivity index (χ4v) is 3.19. The van der Waals surface area contributed by atoms with Gasteiger partial charge in [0.1, 0.15) is 0 Å². The highest BCUT2D eigenvalue weighted by molar-refractivity contribution is 4.95. The van der Waals surface area contributed by atoms with E-state index in [1.165, 1.54) is 13.1 Å². The van der Waals surface area contributed by atoms with Crippen LogP contribution in [0.4, 0.5) is 0 Å². The summed E-state index contributed by atoms with van der Waals surface area (Å²) in [5.74, 6) is 0. The van der Waals surface area contributed by atoms with Gasteiger partial charge in [-0.25, -0.2) is 0 Å². The fourth-order valence-electron chi connectivity index (χ4n) is 3.19. The second kappa shape index (κ2) is 4.30. The van der Waals surface area contributed by atoms with E-state index in [1.807, 2.05) is 0 Å². The van der Waals surface area contributed by atoms with Crippen molar-refractivity contribution in [3.8, 4) is 0 Å². The number of hydrogen-bond acceptors (Lipinski definition) is 2. The SMILES string of the molecule is CC1CN(C(C)(C)C)C[C@H](C)N1C(C)(C)C. The molecule has 0 aliphatic carbocycles. The third-order valence-corrected chi connectivity index (χ3v) is 3.64. The van der Waals surface area contributed by atoms with E-state index in [0.29, 0.717) is 17.6 Å². The predicted octanol–water partition coefficient (Wildman–Crippen LogP) is 2.98. The molecule has 0 N–H and O–H groups in total. The molecule has 96 valence electrons. The van der Waals surface area contributed by atoms with Crippen molar-refractivity contribution >= 4 is 0 Å². The van der Waals surface area contributed by atoms with Crippen molar-refractivity contribution in [2.24, 2.45) is 0 Å². The van der Waals surface area contributed by atoms with Crippen LogP contribution in [0.25, 0.3) is 0 Å². The molecule has 2 atom stereocenters. The van der Waals surface area contributed by atoms with Crippen LogP contribution in [0.5, 0.6) is 0 Å². The minimum atomic E-state index is 0.281. The molecular formula is C14H30N2. The summed E-state index contributed by atoms with van der Waals surface area (Å²) in [5.41, 5.74) is 0.579. The van der Waals surface area contributed by atoms with E-state index in [4.69, 9.17) is 0 Å². The maximum absolute atomic E-state index is 2.66. The van der Waals surface area contributed by atoms with E-state index in [0.717, 1.165) is 0 Å². The lowest BCUT2D eigenvalue weighted by Gasteiger charge is -2.53. The van der Waals surface area contributed by atoms with Crippen LogP contribution >= 0.6 is 0 Å². The molecule has 0 aromatic heterocycles. The molecule has 2 heteroatoms. The molecule has 1 fully saturated rings. The van der Waals surface area contributed by atoms with E-state index in [-0.39, 0.29) is 5.54 Å².